The van der Waals surface area contributed by atoms with E-state index >= 15 is 0 Å². The Labute approximate surface area is 83.5 Å². The maximum atomic E-state index is 10.6. The van der Waals surface area contributed by atoms with Gasteiger partial charge in [-0.05, 0) is 19.1 Å². The molecule has 4 nitrogen and oxygen atoms in total. The van der Waals surface area contributed by atoms with Crippen LogP contribution in [0.3, 0.4) is 0 Å². The summed E-state index contributed by atoms with van der Waals surface area (Å²) >= 11 is 0. The van der Waals surface area contributed by atoms with E-state index in [4.69, 9.17) is 5.11 Å². The molecule has 0 heterocycles. The van der Waals surface area contributed by atoms with E-state index in [1.807, 2.05) is 18.2 Å². The molecule has 1 amide bonds. The molecular formula is C10H15NO3. The SMILES string of the molecule is CCO.COC(=O)Nc1ccccc1. The topological polar surface area (TPSA) is 58.6 Å². The largest absolute Gasteiger partial charge is 0.453 e. The fourth-order valence-electron chi connectivity index (χ4n) is 0.690. The first-order chi connectivity index (χ1) is 6.74. The molecule has 0 saturated heterocycles. The smallest absolute Gasteiger partial charge is 0.411 e. The van der Waals surface area contributed by atoms with Gasteiger partial charge in [-0.1, -0.05) is 18.2 Å². The highest BCUT2D eigenvalue weighted by Gasteiger charge is 1.96. The van der Waals surface area contributed by atoms with Gasteiger partial charge in [0, 0.05) is 12.3 Å². The Morgan fingerprint density at radius 3 is 2.36 bits per heavy atom. The second kappa shape index (κ2) is 8.07. The molecule has 0 atom stereocenters. The van der Waals surface area contributed by atoms with E-state index in [0.29, 0.717) is 0 Å². The summed E-state index contributed by atoms with van der Waals surface area (Å²) in [5.41, 5.74) is 0.736. The van der Waals surface area contributed by atoms with Crippen LogP contribution in [0, 0.1) is 0 Å². The number of anilines is 1. The molecule has 0 aliphatic heterocycles. The molecule has 2 N–H and O–H groups in total. The zero-order valence-electron chi connectivity index (χ0n) is 8.36. The number of rotatable bonds is 1. The molecular weight excluding hydrogens is 182 g/mol. The summed E-state index contributed by atoms with van der Waals surface area (Å²) in [7, 11) is 1.33. The highest BCUT2D eigenvalue weighted by molar-refractivity contribution is 5.84. The second-order valence-corrected chi connectivity index (χ2v) is 2.30. The standard InChI is InChI=1S/C8H9NO2.C2H6O/c1-11-8(10)9-7-5-3-2-4-6-7;1-2-3/h2-6H,1H3,(H,9,10);3H,2H2,1H3. The highest BCUT2D eigenvalue weighted by Crippen LogP contribution is 2.04. The third-order valence-corrected chi connectivity index (χ3v) is 1.21. The van der Waals surface area contributed by atoms with Crippen LogP contribution in [0.1, 0.15) is 6.92 Å². The van der Waals surface area contributed by atoms with Crippen molar-refractivity contribution in [3.8, 4) is 0 Å². The first-order valence-electron chi connectivity index (χ1n) is 4.25. The number of ether oxygens (including phenoxy) is 1. The van der Waals surface area contributed by atoms with Crippen molar-refractivity contribution in [3.63, 3.8) is 0 Å². The van der Waals surface area contributed by atoms with E-state index in [0.717, 1.165) is 5.69 Å². The van der Waals surface area contributed by atoms with Crippen molar-refractivity contribution < 1.29 is 14.6 Å². The molecule has 0 aromatic heterocycles. The Bertz CT molecular complexity index is 249. The van der Waals surface area contributed by atoms with Crippen molar-refractivity contribution in [2.75, 3.05) is 19.0 Å². The van der Waals surface area contributed by atoms with Crippen LogP contribution >= 0.6 is 0 Å². The van der Waals surface area contributed by atoms with Crippen molar-refractivity contribution in [1.82, 2.24) is 0 Å². The molecule has 0 aliphatic carbocycles. The molecule has 0 saturated carbocycles. The lowest BCUT2D eigenvalue weighted by molar-refractivity contribution is 0.187. The molecule has 1 aromatic rings. The number of carbonyl (C=O) groups is 1. The van der Waals surface area contributed by atoms with Gasteiger partial charge in [-0.15, -0.1) is 0 Å². The fourth-order valence-corrected chi connectivity index (χ4v) is 0.690. The van der Waals surface area contributed by atoms with Crippen LogP contribution in [0.25, 0.3) is 0 Å². The molecule has 0 spiro atoms. The Hall–Kier alpha value is -1.55. The van der Waals surface area contributed by atoms with Gasteiger partial charge in [-0.3, -0.25) is 5.32 Å². The van der Waals surface area contributed by atoms with E-state index in [-0.39, 0.29) is 6.61 Å². The Balaban J connectivity index is 0.000000500. The summed E-state index contributed by atoms with van der Waals surface area (Å²) in [4.78, 5) is 10.6. The van der Waals surface area contributed by atoms with Gasteiger partial charge in [-0.2, -0.15) is 0 Å². The average Bonchev–Trinajstić information content (AvgIpc) is 2.20. The summed E-state index contributed by atoms with van der Waals surface area (Å²) in [6.45, 7) is 1.93. The number of hydrogen-bond donors (Lipinski definition) is 2. The summed E-state index contributed by atoms with van der Waals surface area (Å²) < 4.78 is 4.40. The number of benzene rings is 1. The van der Waals surface area contributed by atoms with Crippen LogP contribution < -0.4 is 5.32 Å². The first kappa shape index (κ1) is 12.4. The van der Waals surface area contributed by atoms with Gasteiger partial charge in [0.15, 0.2) is 0 Å². The van der Waals surface area contributed by atoms with Gasteiger partial charge in [0.05, 0.1) is 7.11 Å². The number of aliphatic hydroxyl groups is 1. The van der Waals surface area contributed by atoms with Gasteiger partial charge in [-0.25, -0.2) is 4.79 Å². The van der Waals surface area contributed by atoms with Crippen LogP contribution in [0.4, 0.5) is 10.5 Å². The molecule has 78 valence electrons. The number of nitrogens with one attached hydrogen (secondary N) is 1. The van der Waals surface area contributed by atoms with Gasteiger partial charge >= 0.3 is 6.09 Å². The summed E-state index contributed by atoms with van der Waals surface area (Å²) in [5.74, 6) is 0. The number of methoxy groups -OCH3 is 1. The minimum absolute atomic E-state index is 0.250. The number of aliphatic hydroxyl groups excluding tert-OH is 1. The second-order valence-electron chi connectivity index (χ2n) is 2.30. The van der Waals surface area contributed by atoms with Crippen LogP contribution in [0.2, 0.25) is 0 Å². The van der Waals surface area contributed by atoms with Gasteiger partial charge in [0.2, 0.25) is 0 Å². The Morgan fingerprint density at radius 2 is 1.93 bits per heavy atom. The van der Waals surface area contributed by atoms with Crippen molar-refractivity contribution in [1.29, 1.82) is 0 Å². The lowest BCUT2D eigenvalue weighted by Crippen LogP contribution is -2.10. The van der Waals surface area contributed by atoms with E-state index in [1.54, 1.807) is 19.1 Å². The Kier molecular flexibility index (Phi) is 7.17. The first-order valence-corrected chi connectivity index (χ1v) is 4.25. The van der Waals surface area contributed by atoms with Gasteiger partial charge in [0.25, 0.3) is 0 Å². The summed E-state index contributed by atoms with van der Waals surface area (Å²) in [6.07, 6.45) is -0.448. The van der Waals surface area contributed by atoms with Crippen LogP contribution in [-0.4, -0.2) is 24.9 Å². The lowest BCUT2D eigenvalue weighted by atomic mass is 10.3. The maximum absolute atomic E-state index is 10.6. The van der Waals surface area contributed by atoms with E-state index in [9.17, 15) is 4.79 Å². The predicted octanol–water partition coefficient (Wildman–Crippen LogP) is 1.86. The summed E-state index contributed by atoms with van der Waals surface area (Å²) in [5, 5.41) is 10.1. The number of para-hydroxylation sites is 1. The van der Waals surface area contributed by atoms with E-state index < -0.39 is 6.09 Å². The number of hydrogen-bond acceptors (Lipinski definition) is 3. The zero-order valence-corrected chi connectivity index (χ0v) is 8.36. The van der Waals surface area contributed by atoms with E-state index in [1.165, 1.54) is 7.11 Å². The van der Waals surface area contributed by atoms with Crippen LogP contribution in [0.5, 0.6) is 0 Å². The fraction of sp³-hybridized carbons (Fsp3) is 0.300. The molecule has 0 fully saturated rings. The summed E-state index contributed by atoms with van der Waals surface area (Å²) in [6, 6.07) is 9.13. The molecule has 1 rings (SSSR count). The van der Waals surface area contributed by atoms with E-state index in [2.05, 4.69) is 10.1 Å². The normalized spacial score (nSPS) is 8.21. The van der Waals surface area contributed by atoms with Crippen molar-refractivity contribution in [3.05, 3.63) is 30.3 Å². The quantitative estimate of drug-likeness (QED) is 0.722. The molecule has 0 radical (unpaired) electrons. The average molecular weight is 197 g/mol. The third-order valence-electron chi connectivity index (χ3n) is 1.21. The molecule has 0 unspecified atom stereocenters. The van der Waals surface area contributed by atoms with Gasteiger partial charge < -0.3 is 9.84 Å². The monoisotopic (exact) mass is 197 g/mol. The van der Waals surface area contributed by atoms with Crippen molar-refractivity contribution in [2.24, 2.45) is 0 Å². The van der Waals surface area contributed by atoms with Gasteiger partial charge in [0.1, 0.15) is 0 Å². The predicted molar refractivity (Wildman–Crippen MR) is 55.2 cm³/mol. The third kappa shape index (κ3) is 6.02. The van der Waals surface area contributed by atoms with Crippen molar-refractivity contribution in [2.45, 2.75) is 6.92 Å². The highest BCUT2D eigenvalue weighted by atomic mass is 16.5. The number of carbonyl (C=O) groups excluding carboxylic acids is 1. The van der Waals surface area contributed by atoms with Crippen LogP contribution in [0.15, 0.2) is 30.3 Å². The lowest BCUT2D eigenvalue weighted by Gasteiger charge is -2.01. The zero-order chi connectivity index (χ0) is 10.8. The molecule has 14 heavy (non-hydrogen) atoms. The van der Waals surface area contributed by atoms with Crippen molar-refractivity contribution >= 4 is 11.8 Å². The minimum atomic E-state index is -0.448. The van der Waals surface area contributed by atoms with Crippen LogP contribution in [-0.2, 0) is 4.74 Å². The minimum Gasteiger partial charge on any atom is -0.453 e. The number of amides is 1. The molecule has 0 bridgehead atoms. The molecule has 4 heteroatoms. The molecule has 0 aliphatic rings. The maximum Gasteiger partial charge on any atom is 0.411 e. The molecule has 1 aromatic carbocycles. The Morgan fingerprint density at radius 1 is 1.43 bits per heavy atom.